The lowest BCUT2D eigenvalue weighted by atomic mass is 10.1. The molecular weight excluding hydrogens is 354 g/mol. The number of hydrogen-bond acceptors (Lipinski definition) is 4. The highest BCUT2D eigenvalue weighted by molar-refractivity contribution is 5.80. The summed E-state index contributed by atoms with van der Waals surface area (Å²) in [6.07, 6.45) is 8.69. The van der Waals surface area contributed by atoms with Crippen molar-refractivity contribution in [1.82, 2.24) is 15.1 Å². The molecule has 0 radical (unpaired) electrons. The lowest BCUT2D eigenvalue weighted by molar-refractivity contribution is -0.384. The summed E-state index contributed by atoms with van der Waals surface area (Å²) in [5, 5.41) is 14.1. The van der Waals surface area contributed by atoms with Gasteiger partial charge in [-0.15, -0.1) is 0 Å². The first kappa shape index (κ1) is 20.3. The molecule has 0 spiro atoms. The summed E-state index contributed by atoms with van der Waals surface area (Å²) < 4.78 is 0. The van der Waals surface area contributed by atoms with Crippen LogP contribution in [0.2, 0.25) is 0 Å². The minimum absolute atomic E-state index is 0.150. The molecule has 2 aliphatic heterocycles. The molecule has 1 N–H and O–H groups in total. The third-order valence-electron chi connectivity index (χ3n) is 5.44. The molecule has 1 saturated heterocycles. The van der Waals surface area contributed by atoms with Gasteiger partial charge >= 0.3 is 0 Å². The normalized spacial score (nSPS) is 20.1. The first-order valence-corrected chi connectivity index (χ1v) is 10.3. The Morgan fingerprint density at radius 3 is 2.68 bits per heavy atom. The number of rotatable bonds is 8. The number of nitro groups is 1. The summed E-state index contributed by atoms with van der Waals surface area (Å²) in [4.78, 5) is 20.1. The van der Waals surface area contributed by atoms with E-state index in [1.54, 1.807) is 12.1 Å². The molecule has 2 aliphatic rings. The Labute approximate surface area is 167 Å². The van der Waals surface area contributed by atoms with Crippen molar-refractivity contribution < 1.29 is 4.92 Å². The Morgan fingerprint density at radius 1 is 1.25 bits per heavy atom. The molecule has 7 heteroatoms. The summed E-state index contributed by atoms with van der Waals surface area (Å²) in [6.45, 7) is 8.08. The van der Waals surface area contributed by atoms with Gasteiger partial charge in [-0.2, -0.15) is 0 Å². The average molecular weight is 386 g/mol. The standard InChI is InChI=1S/C21H31N5O2/c1-2-22-21(25-16-12-20(17-25)24-14-5-6-15-24)23-13-4-3-7-18-8-10-19(11-9-18)26(27)28/h5-6,8-11,20H,2-4,7,12-17H2,1H3,(H,22,23). The van der Waals surface area contributed by atoms with Gasteiger partial charge in [-0.05, 0) is 38.2 Å². The first-order valence-electron chi connectivity index (χ1n) is 10.3. The Bertz CT molecular complexity index is 693. The van der Waals surface area contributed by atoms with E-state index in [0.29, 0.717) is 6.04 Å². The number of unbranched alkanes of at least 4 members (excludes halogenated alkanes) is 1. The maximum atomic E-state index is 10.7. The lowest BCUT2D eigenvalue weighted by Crippen LogP contribution is -2.42. The minimum Gasteiger partial charge on any atom is -0.357 e. The molecule has 0 aromatic heterocycles. The monoisotopic (exact) mass is 385 g/mol. The number of nitro benzene ring substituents is 1. The van der Waals surface area contributed by atoms with Gasteiger partial charge in [0.2, 0.25) is 0 Å². The molecule has 2 heterocycles. The van der Waals surface area contributed by atoms with E-state index in [0.717, 1.165) is 70.1 Å². The third-order valence-corrected chi connectivity index (χ3v) is 5.44. The van der Waals surface area contributed by atoms with Gasteiger partial charge in [0.25, 0.3) is 5.69 Å². The smallest absolute Gasteiger partial charge is 0.269 e. The minimum atomic E-state index is -0.357. The molecule has 0 amide bonds. The van der Waals surface area contributed by atoms with Crippen LogP contribution < -0.4 is 5.32 Å². The Balaban J connectivity index is 1.42. The number of likely N-dealkylation sites (tertiary alicyclic amines) is 1. The van der Waals surface area contributed by atoms with Gasteiger partial charge in [0.05, 0.1) is 4.92 Å². The molecule has 7 nitrogen and oxygen atoms in total. The van der Waals surface area contributed by atoms with Crippen molar-refractivity contribution in [3.8, 4) is 0 Å². The van der Waals surface area contributed by atoms with E-state index < -0.39 is 0 Å². The van der Waals surface area contributed by atoms with E-state index in [2.05, 4.69) is 34.2 Å². The fourth-order valence-corrected chi connectivity index (χ4v) is 3.86. The summed E-state index contributed by atoms with van der Waals surface area (Å²) in [7, 11) is 0. The molecule has 0 saturated carbocycles. The van der Waals surface area contributed by atoms with Crippen LogP contribution in [0.15, 0.2) is 41.4 Å². The van der Waals surface area contributed by atoms with Gasteiger partial charge in [0.1, 0.15) is 0 Å². The Morgan fingerprint density at radius 2 is 2.00 bits per heavy atom. The highest BCUT2D eigenvalue weighted by Gasteiger charge is 2.29. The zero-order chi connectivity index (χ0) is 19.8. The number of aryl methyl sites for hydroxylation is 1. The molecule has 1 aromatic carbocycles. The summed E-state index contributed by atoms with van der Waals surface area (Å²) >= 11 is 0. The highest BCUT2D eigenvalue weighted by atomic mass is 16.6. The quantitative estimate of drug-likeness (QED) is 0.186. The van der Waals surface area contributed by atoms with Gasteiger partial charge in [-0.1, -0.05) is 24.3 Å². The van der Waals surface area contributed by atoms with Gasteiger partial charge in [-0.3, -0.25) is 20.0 Å². The molecule has 28 heavy (non-hydrogen) atoms. The van der Waals surface area contributed by atoms with Crippen molar-refractivity contribution in [3.63, 3.8) is 0 Å². The number of aliphatic imine (C=N–C) groups is 1. The van der Waals surface area contributed by atoms with Gasteiger partial charge < -0.3 is 10.2 Å². The second-order valence-electron chi connectivity index (χ2n) is 7.43. The topological polar surface area (TPSA) is 74.0 Å². The van der Waals surface area contributed by atoms with Crippen LogP contribution >= 0.6 is 0 Å². The van der Waals surface area contributed by atoms with Crippen molar-refractivity contribution >= 4 is 11.6 Å². The van der Waals surface area contributed by atoms with Crippen LogP contribution in [0.1, 0.15) is 31.7 Å². The van der Waals surface area contributed by atoms with Crippen LogP contribution in [0.4, 0.5) is 5.69 Å². The van der Waals surface area contributed by atoms with Gasteiger partial charge in [0.15, 0.2) is 5.96 Å². The van der Waals surface area contributed by atoms with Crippen LogP contribution in [0.25, 0.3) is 0 Å². The summed E-state index contributed by atoms with van der Waals surface area (Å²) in [6, 6.07) is 7.49. The maximum absolute atomic E-state index is 10.7. The summed E-state index contributed by atoms with van der Waals surface area (Å²) in [5.74, 6) is 1.03. The van der Waals surface area contributed by atoms with Gasteiger partial charge in [-0.25, -0.2) is 0 Å². The Hall–Kier alpha value is -2.41. The van der Waals surface area contributed by atoms with E-state index in [1.807, 2.05) is 12.1 Å². The molecular formula is C21H31N5O2. The van der Waals surface area contributed by atoms with Crippen LogP contribution in [-0.4, -0.2) is 66.0 Å². The van der Waals surface area contributed by atoms with Crippen molar-refractivity contribution in [2.24, 2.45) is 4.99 Å². The number of hydrogen-bond donors (Lipinski definition) is 1. The highest BCUT2D eigenvalue weighted by Crippen LogP contribution is 2.18. The van der Waals surface area contributed by atoms with Crippen molar-refractivity contribution in [2.45, 2.75) is 38.6 Å². The van der Waals surface area contributed by atoms with Crippen molar-refractivity contribution in [1.29, 1.82) is 0 Å². The first-order chi connectivity index (χ1) is 13.7. The van der Waals surface area contributed by atoms with E-state index >= 15 is 0 Å². The third kappa shape index (κ3) is 5.55. The average Bonchev–Trinajstić information content (AvgIpc) is 3.39. The fraction of sp³-hybridized carbons (Fsp3) is 0.571. The molecule has 0 aliphatic carbocycles. The molecule has 152 valence electrons. The number of benzene rings is 1. The zero-order valence-electron chi connectivity index (χ0n) is 16.7. The van der Waals surface area contributed by atoms with Crippen LogP contribution in [0, 0.1) is 10.1 Å². The summed E-state index contributed by atoms with van der Waals surface area (Å²) in [5.41, 5.74) is 1.29. The maximum Gasteiger partial charge on any atom is 0.269 e. The van der Waals surface area contributed by atoms with Crippen molar-refractivity contribution in [2.75, 3.05) is 39.3 Å². The number of nitrogens with one attached hydrogen (secondary N) is 1. The van der Waals surface area contributed by atoms with E-state index in [-0.39, 0.29) is 10.6 Å². The fourth-order valence-electron chi connectivity index (χ4n) is 3.86. The number of nitrogens with zero attached hydrogens (tertiary/aromatic N) is 4. The Kier molecular flexibility index (Phi) is 7.42. The predicted molar refractivity (Wildman–Crippen MR) is 113 cm³/mol. The second-order valence-corrected chi connectivity index (χ2v) is 7.43. The van der Waals surface area contributed by atoms with Crippen LogP contribution in [0.3, 0.4) is 0 Å². The van der Waals surface area contributed by atoms with E-state index in [9.17, 15) is 10.1 Å². The molecule has 1 unspecified atom stereocenters. The van der Waals surface area contributed by atoms with Gasteiger partial charge in [0, 0.05) is 57.4 Å². The second kappa shape index (κ2) is 10.2. The molecule has 3 rings (SSSR count). The van der Waals surface area contributed by atoms with E-state index in [4.69, 9.17) is 4.99 Å². The lowest BCUT2D eigenvalue weighted by Gasteiger charge is -2.25. The van der Waals surface area contributed by atoms with Crippen molar-refractivity contribution in [3.05, 3.63) is 52.1 Å². The van der Waals surface area contributed by atoms with Crippen LogP contribution in [0.5, 0.6) is 0 Å². The van der Waals surface area contributed by atoms with E-state index in [1.165, 1.54) is 6.42 Å². The molecule has 1 aromatic rings. The molecule has 1 fully saturated rings. The predicted octanol–water partition coefficient (Wildman–Crippen LogP) is 2.83. The molecule has 1 atom stereocenters. The number of guanidine groups is 1. The molecule has 0 bridgehead atoms. The largest absolute Gasteiger partial charge is 0.357 e. The zero-order valence-corrected chi connectivity index (χ0v) is 16.7. The van der Waals surface area contributed by atoms with Crippen LogP contribution in [-0.2, 0) is 6.42 Å². The number of non-ortho nitro benzene ring substituents is 1. The SMILES string of the molecule is CCNC(=NCCCCc1ccc([N+](=O)[O-])cc1)N1CCC(N2CC=CC2)C1.